The van der Waals surface area contributed by atoms with Crippen molar-refractivity contribution < 1.29 is 12.9 Å². The van der Waals surface area contributed by atoms with Crippen LogP contribution < -0.4 is 5.32 Å². The van der Waals surface area contributed by atoms with Crippen molar-refractivity contribution in [3.05, 3.63) is 11.7 Å². The summed E-state index contributed by atoms with van der Waals surface area (Å²) in [5.74, 6) is 1.93. The molecule has 0 bridgehead atoms. The third kappa shape index (κ3) is 3.52. The molecule has 2 rings (SSSR count). The molecule has 7 heteroatoms. The van der Waals surface area contributed by atoms with E-state index >= 15 is 0 Å². The normalized spacial score (nSPS) is 20.1. The van der Waals surface area contributed by atoms with Gasteiger partial charge in [0.15, 0.2) is 5.82 Å². The summed E-state index contributed by atoms with van der Waals surface area (Å²) in [4.78, 5) is 4.35. The lowest BCUT2D eigenvalue weighted by atomic mass is 10.0. The standard InChI is InChI=1S/C11H19N3O3S/c1-12-6-2-3-10-13-11(14-17-10)9-4-7-18(15,16)8-5-9/h9,12H,2-8H2,1H3. The maximum absolute atomic E-state index is 11.3. The van der Waals surface area contributed by atoms with Crippen LogP contribution >= 0.6 is 0 Å². The van der Waals surface area contributed by atoms with Gasteiger partial charge in [0, 0.05) is 12.3 Å². The summed E-state index contributed by atoms with van der Waals surface area (Å²) < 4.78 is 27.8. The summed E-state index contributed by atoms with van der Waals surface area (Å²) in [6.45, 7) is 0.916. The monoisotopic (exact) mass is 273 g/mol. The van der Waals surface area contributed by atoms with E-state index in [4.69, 9.17) is 4.52 Å². The van der Waals surface area contributed by atoms with E-state index in [1.165, 1.54) is 0 Å². The summed E-state index contributed by atoms with van der Waals surface area (Å²) >= 11 is 0. The minimum Gasteiger partial charge on any atom is -0.339 e. The van der Waals surface area contributed by atoms with Crippen molar-refractivity contribution in [2.75, 3.05) is 25.1 Å². The molecule has 18 heavy (non-hydrogen) atoms. The van der Waals surface area contributed by atoms with Crippen LogP contribution in [0.25, 0.3) is 0 Å². The van der Waals surface area contributed by atoms with E-state index in [9.17, 15) is 8.42 Å². The minimum atomic E-state index is -2.83. The smallest absolute Gasteiger partial charge is 0.226 e. The highest BCUT2D eigenvalue weighted by molar-refractivity contribution is 7.91. The Labute approximate surface area is 107 Å². The first kappa shape index (κ1) is 13.5. The van der Waals surface area contributed by atoms with Gasteiger partial charge in [-0.15, -0.1) is 0 Å². The van der Waals surface area contributed by atoms with E-state index in [0.717, 1.165) is 19.4 Å². The van der Waals surface area contributed by atoms with Crippen molar-refractivity contribution in [1.82, 2.24) is 15.5 Å². The van der Waals surface area contributed by atoms with E-state index in [2.05, 4.69) is 15.5 Å². The van der Waals surface area contributed by atoms with Crippen molar-refractivity contribution in [2.24, 2.45) is 0 Å². The zero-order valence-corrected chi connectivity index (χ0v) is 11.4. The Balaban J connectivity index is 1.90. The van der Waals surface area contributed by atoms with Gasteiger partial charge in [0.2, 0.25) is 5.89 Å². The van der Waals surface area contributed by atoms with Gasteiger partial charge < -0.3 is 9.84 Å². The molecule has 1 fully saturated rings. The highest BCUT2D eigenvalue weighted by Crippen LogP contribution is 2.27. The Hall–Kier alpha value is -0.950. The highest BCUT2D eigenvalue weighted by atomic mass is 32.2. The van der Waals surface area contributed by atoms with Crippen LogP contribution in [-0.2, 0) is 16.3 Å². The van der Waals surface area contributed by atoms with E-state index in [-0.39, 0.29) is 17.4 Å². The molecular weight excluding hydrogens is 254 g/mol. The van der Waals surface area contributed by atoms with Gasteiger partial charge in [0.05, 0.1) is 11.5 Å². The first-order valence-corrected chi connectivity index (χ1v) is 8.10. The lowest BCUT2D eigenvalue weighted by Gasteiger charge is -2.18. The molecule has 0 spiro atoms. The van der Waals surface area contributed by atoms with E-state index < -0.39 is 9.84 Å². The number of sulfone groups is 1. The minimum absolute atomic E-state index is 0.135. The number of nitrogens with one attached hydrogen (secondary N) is 1. The summed E-state index contributed by atoms with van der Waals surface area (Å²) in [6.07, 6.45) is 2.94. The fourth-order valence-corrected chi connectivity index (χ4v) is 3.59. The predicted octanol–water partition coefficient (Wildman–Crippen LogP) is 0.514. The summed E-state index contributed by atoms with van der Waals surface area (Å²) in [5.41, 5.74) is 0. The first-order chi connectivity index (χ1) is 8.61. The van der Waals surface area contributed by atoms with Crippen LogP contribution in [-0.4, -0.2) is 43.7 Å². The van der Waals surface area contributed by atoms with Crippen LogP contribution in [0, 0.1) is 0 Å². The largest absolute Gasteiger partial charge is 0.339 e. The molecule has 0 amide bonds. The fourth-order valence-electron chi connectivity index (χ4n) is 2.10. The zero-order chi connectivity index (χ0) is 13.0. The van der Waals surface area contributed by atoms with Gasteiger partial charge in [0.1, 0.15) is 9.84 Å². The number of aryl methyl sites for hydroxylation is 1. The molecule has 102 valence electrons. The van der Waals surface area contributed by atoms with Gasteiger partial charge in [-0.25, -0.2) is 8.42 Å². The third-order valence-corrected chi connectivity index (χ3v) is 4.94. The lowest BCUT2D eigenvalue weighted by Crippen LogP contribution is -2.22. The van der Waals surface area contributed by atoms with E-state index in [0.29, 0.717) is 24.6 Å². The second-order valence-corrected chi connectivity index (χ2v) is 6.98. The number of hydrogen-bond donors (Lipinski definition) is 1. The van der Waals surface area contributed by atoms with Crippen molar-refractivity contribution in [3.8, 4) is 0 Å². The van der Waals surface area contributed by atoms with E-state index in [1.54, 1.807) is 0 Å². The Bertz CT molecular complexity index is 469. The van der Waals surface area contributed by atoms with Gasteiger partial charge in [-0.2, -0.15) is 4.98 Å². The molecule has 1 N–H and O–H groups in total. The van der Waals surface area contributed by atoms with Gasteiger partial charge in [-0.05, 0) is 32.9 Å². The average Bonchev–Trinajstić information content (AvgIpc) is 2.78. The van der Waals surface area contributed by atoms with Gasteiger partial charge >= 0.3 is 0 Å². The molecule has 0 atom stereocenters. The number of hydrogen-bond acceptors (Lipinski definition) is 6. The summed E-state index contributed by atoms with van der Waals surface area (Å²) in [7, 11) is -0.924. The van der Waals surface area contributed by atoms with Crippen LogP contribution in [0.1, 0.15) is 36.9 Å². The molecule has 1 aromatic heterocycles. The van der Waals surface area contributed by atoms with Crippen LogP contribution in [0.5, 0.6) is 0 Å². The summed E-state index contributed by atoms with van der Waals surface area (Å²) in [6, 6.07) is 0. The Kier molecular flexibility index (Phi) is 4.34. The first-order valence-electron chi connectivity index (χ1n) is 6.28. The van der Waals surface area contributed by atoms with Crippen molar-refractivity contribution in [2.45, 2.75) is 31.6 Å². The molecule has 1 saturated heterocycles. The van der Waals surface area contributed by atoms with Crippen LogP contribution in [0.3, 0.4) is 0 Å². The molecule has 0 radical (unpaired) electrons. The fraction of sp³-hybridized carbons (Fsp3) is 0.818. The zero-order valence-electron chi connectivity index (χ0n) is 10.6. The molecule has 0 aliphatic carbocycles. The van der Waals surface area contributed by atoms with Crippen molar-refractivity contribution in [3.63, 3.8) is 0 Å². The molecule has 6 nitrogen and oxygen atoms in total. The molecule has 0 aromatic carbocycles. The second-order valence-electron chi connectivity index (χ2n) is 4.68. The molecule has 0 unspecified atom stereocenters. The van der Waals surface area contributed by atoms with Crippen molar-refractivity contribution >= 4 is 9.84 Å². The quantitative estimate of drug-likeness (QED) is 0.787. The highest BCUT2D eigenvalue weighted by Gasteiger charge is 2.27. The molecule has 1 aliphatic rings. The average molecular weight is 273 g/mol. The van der Waals surface area contributed by atoms with Crippen LogP contribution in [0.4, 0.5) is 0 Å². The topological polar surface area (TPSA) is 85.1 Å². The van der Waals surface area contributed by atoms with Gasteiger partial charge in [0.25, 0.3) is 0 Å². The third-order valence-electron chi connectivity index (χ3n) is 3.22. The Morgan fingerprint density at radius 1 is 1.39 bits per heavy atom. The molecule has 0 saturated carbocycles. The lowest BCUT2D eigenvalue weighted by molar-refractivity contribution is 0.365. The number of nitrogens with zero attached hydrogens (tertiary/aromatic N) is 2. The predicted molar refractivity (Wildman–Crippen MR) is 67.2 cm³/mol. The van der Waals surface area contributed by atoms with Crippen LogP contribution in [0.2, 0.25) is 0 Å². The molecule has 1 aliphatic heterocycles. The SMILES string of the molecule is CNCCCc1nc(C2CCS(=O)(=O)CC2)no1. The maximum atomic E-state index is 11.3. The Morgan fingerprint density at radius 2 is 2.11 bits per heavy atom. The number of rotatable bonds is 5. The van der Waals surface area contributed by atoms with Crippen LogP contribution in [0.15, 0.2) is 4.52 Å². The maximum Gasteiger partial charge on any atom is 0.226 e. The van der Waals surface area contributed by atoms with Crippen molar-refractivity contribution in [1.29, 1.82) is 0 Å². The molecular formula is C11H19N3O3S. The van der Waals surface area contributed by atoms with Gasteiger partial charge in [-0.1, -0.05) is 5.16 Å². The molecule has 2 heterocycles. The number of aromatic nitrogens is 2. The second kappa shape index (κ2) is 5.79. The van der Waals surface area contributed by atoms with Gasteiger partial charge in [-0.3, -0.25) is 0 Å². The Morgan fingerprint density at radius 3 is 2.78 bits per heavy atom. The molecule has 1 aromatic rings. The van der Waals surface area contributed by atoms with E-state index in [1.807, 2.05) is 7.05 Å². The summed E-state index contributed by atoms with van der Waals surface area (Å²) in [5, 5.41) is 7.03.